The quantitative estimate of drug-likeness (QED) is 0.203. The number of nitrogens with one attached hydrogen (secondary N) is 1. The third kappa shape index (κ3) is 6.11. The van der Waals surface area contributed by atoms with Crippen LogP contribution < -0.4 is 10.1 Å². The van der Waals surface area contributed by atoms with Crippen molar-refractivity contribution in [3.8, 4) is 23.1 Å². The van der Waals surface area contributed by atoms with Crippen molar-refractivity contribution in [1.29, 1.82) is 5.26 Å². The van der Waals surface area contributed by atoms with Gasteiger partial charge in [0.1, 0.15) is 28.9 Å². The van der Waals surface area contributed by atoms with Gasteiger partial charge in [-0.1, -0.05) is 11.6 Å². The fourth-order valence-corrected chi connectivity index (χ4v) is 2.89. The van der Waals surface area contributed by atoms with Crippen molar-refractivity contribution < 1.29 is 32.0 Å². The lowest BCUT2D eigenvalue weighted by atomic mass is 10.1. The summed E-state index contributed by atoms with van der Waals surface area (Å²) in [5.41, 5.74) is -0.0438. The molecule has 1 amide bonds. The molecule has 0 saturated carbocycles. The van der Waals surface area contributed by atoms with Crippen molar-refractivity contribution in [1.82, 2.24) is 0 Å². The fraction of sp³-hybridized carbons (Fsp3) is 0.0476. The highest BCUT2D eigenvalue weighted by Crippen LogP contribution is 2.32. The summed E-state index contributed by atoms with van der Waals surface area (Å²) in [6.45, 7) is 0. The number of furan rings is 1. The van der Waals surface area contributed by atoms with Gasteiger partial charge in [-0.2, -0.15) is 5.26 Å². The zero-order valence-electron chi connectivity index (χ0n) is 16.2. The molecule has 3 rings (SSSR count). The summed E-state index contributed by atoms with van der Waals surface area (Å²) < 4.78 is 45.9. The fourth-order valence-electron chi connectivity index (χ4n) is 2.62. The van der Waals surface area contributed by atoms with E-state index in [1.807, 2.05) is 0 Å². The number of ether oxygens (including phenoxy) is 1. The monoisotopic (exact) mass is 477 g/mol. The molecule has 168 valence electrons. The average molecular weight is 478 g/mol. The predicted octanol–water partition coefficient (Wildman–Crippen LogP) is 5.95. The van der Waals surface area contributed by atoms with Gasteiger partial charge in [0, 0.05) is 29.5 Å². The Morgan fingerprint density at radius 2 is 1.88 bits per heavy atom. The summed E-state index contributed by atoms with van der Waals surface area (Å²) in [6, 6.07) is 12.8. The number of carbonyl (C=O) groups is 1. The Kier molecular flexibility index (Phi) is 6.69. The second-order valence-corrected chi connectivity index (χ2v) is 6.73. The number of benzene rings is 2. The highest BCUT2D eigenvalue weighted by molar-refractivity contribution is 6.33. The minimum absolute atomic E-state index is 0.0743. The van der Waals surface area contributed by atoms with Crippen molar-refractivity contribution in [2.24, 2.45) is 0 Å². The van der Waals surface area contributed by atoms with Gasteiger partial charge in [0.15, 0.2) is 0 Å². The Bertz CT molecular complexity index is 1280. The zero-order chi connectivity index (χ0) is 24.2. The molecule has 0 spiro atoms. The minimum atomic E-state index is -4.85. The number of hydrogen-bond donors (Lipinski definition) is 1. The van der Waals surface area contributed by atoms with Crippen LogP contribution >= 0.6 is 11.6 Å². The molecule has 0 aliphatic heterocycles. The van der Waals surface area contributed by atoms with Crippen LogP contribution in [0.4, 0.5) is 24.5 Å². The second-order valence-electron chi connectivity index (χ2n) is 6.32. The minimum Gasteiger partial charge on any atom is -0.457 e. The average Bonchev–Trinajstić information content (AvgIpc) is 3.20. The molecule has 8 nitrogen and oxygen atoms in total. The van der Waals surface area contributed by atoms with E-state index in [0.29, 0.717) is 5.56 Å². The summed E-state index contributed by atoms with van der Waals surface area (Å²) in [5, 5.41) is 22.6. The summed E-state index contributed by atoms with van der Waals surface area (Å²) in [6.07, 6.45) is -3.69. The van der Waals surface area contributed by atoms with Gasteiger partial charge in [-0.15, -0.1) is 13.2 Å². The van der Waals surface area contributed by atoms with Gasteiger partial charge >= 0.3 is 6.36 Å². The van der Waals surface area contributed by atoms with Gasteiger partial charge < -0.3 is 14.5 Å². The summed E-state index contributed by atoms with van der Waals surface area (Å²) in [5.74, 6) is -0.919. The maximum atomic E-state index is 12.4. The summed E-state index contributed by atoms with van der Waals surface area (Å²) >= 11 is 6.07. The molecule has 2 aromatic carbocycles. The zero-order valence-corrected chi connectivity index (χ0v) is 17.0. The van der Waals surface area contributed by atoms with E-state index in [2.05, 4.69) is 10.1 Å². The summed E-state index contributed by atoms with van der Waals surface area (Å²) in [4.78, 5) is 22.6. The molecule has 0 unspecified atom stereocenters. The lowest BCUT2D eigenvalue weighted by Crippen LogP contribution is -2.17. The number of non-ortho nitro benzene ring substituents is 1. The van der Waals surface area contributed by atoms with Crippen LogP contribution in [0, 0.1) is 21.4 Å². The van der Waals surface area contributed by atoms with Crippen LogP contribution in [-0.4, -0.2) is 17.2 Å². The van der Waals surface area contributed by atoms with Crippen LogP contribution in [0.2, 0.25) is 5.02 Å². The van der Waals surface area contributed by atoms with Crippen LogP contribution in [0.25, 0.3) is 17.4 Å². The first kappa shape index (κ1) is 23.4. The van der Waals surface area contributed by atoms with Crippen LogP contribution in [0.15, 0.2) is 64.6 Å². The molecule has 0 bridgehead atoms. The van der Waals surface area contributed by atoms with Gasteiger partial charge in [0.2, 0.25) is 0 Å². The number of nitrogens with zero attached hydrogens (tertiary/aromatic N) is 2. The Balaban J connectivity index is 1.75. The number of carbonyl (C=O) groups excluding carboxylic acids is 1. The SMILES string of the molecule is N#C/C(=C\c1ccc(-c2ccc([N+](=O)[O-])cc2Cl)o1)C(=O)Nc1ccc(OC(F)(F)F)cc1. The van der Waals surface area contributed by atoms with Crippen molar-refractivity contribution in [3.63, 3.8) is 0 Å². The van der Waals surface area contributed by atoms with Gasteiger partial charge in [-0.3, -0.25) is 14.9 Å². The molecule has 12 heteroatoms. The Hall–Kier alpha value is -4.30. The van der Waals surface area contributed by atoms with Crippen molar-refractivity contribution in [2.45, 2.75) is 6.36 Å². The van der Waals surface area contributed by atoms with Crippen LogP contribution in [-0.2, 0) is 4.79 Å². The van der Waals surface area contributed by atoms with Crippen molar-refractivity contribution in [3.05, 3.63) is 81.1 Å². The number of rotatable bonds is 6. The highest BCUT2D eigenvalue weighted by atomic mass is 35.5. The number of hydrogen-bond acceptors (Lipinski definition) is 6. The number of anilines is 1. The molecule has 0 atom stereocenters. The maximum Gasteiger partial charge on any atom is 0.573 e. The normalized spacial score (nSPS) is 11.5. The maximum absolute atomic E-state index is 12.4. The first-order valence-corrected chi connectivity index (χ1v) is 9.26. The lowest BCUT2D eigenvalue weighted by Gasteiger charge is -2.09. The van der Waals surface area contributed by atoms with E-state index in [1.165, 1.54) is 36.4 Å². The largest absolute Gasteiger partial charge is 0.573 e. The van der Waals surface area contributed by atoms with E-state index in [9.17, 15) is 33.3 Å². The van der Waals surface area contributed by atoms with Gasteiger partial charge in [-0.25, -0.2) is 0 Å². The van der Waals surface area contributed by atoms with E-state index in [1.54, 1.807) is 6.07 Å². The smallest absolute Gasteiger partial charge is 0.457 e. The number of nitro groups is 1. The standard InChI is InChI=1S/C21H11ClF3N3O5/c22-18-10-14(28(30)31)3-7-17(18)19-8-6-16(32-19)9-12(11-26)20(29)27-13-1-4-15(5-2-13)33-21(23,24)25/h1-10H,(H,27,29)/b12-9+. The van der Waals surface area contributed by atoms with E-state index < -0.39 is 22.9 Å². The molecule has 0 fully saturated rings. The molecule has 0 aliphatic carbocycles. The van der Waals surface area contributed by atoms with Crippen LogP contribution in [0.5, 0.6) is 5.75 Å². The van der Waals surface area contributed by atoms with Crippen LogP contribution in [0.3, 0.4) is 0 Å². The predicted molar refractivity (Wildman–Crippen MR) is 111 cm³/mol. The van der Waals surface area contributed by atoms with Gasteiger partial charge in [0.25, 0.3) is 11.6 Å². The second kappa shape index (κ2) is 9.46. The van der Waals surface area contributed by atoms with E-state index in [4.69, 9.17) is 16.0 Å². The molecular formula is C21H11ClF3N3O5. The molecule has 1 aromatic heterocycles. The van der Waals surface area contributed by atoms with E-state index in [0.717, 1.165) is 24.3 Å². The summed E-state index contributed by atoms with van der Waals surface area (Å²) in [7, 11) is 0. The topological polar surface area (TPSA) is 118 Å². The Morgan fingerprint density at radius 3 is 2.45 bits per heavy atom. The third-order valence-corrected chi connectivity index (χ3v) is 4.37. The first-order valence-electron chi connectivity index (χ1n) is 8.89. The number of nitriles is 1. The van der Waals surface area contributed by atoms with Crippen LogP contribution in [0.1, 0.15) is 5.76 Å². The first-order chi connectivity index (χ1) is 15.6. The number of nitro benzene ring substituents is 1. The number of alkyl halides is 3. The Morgan fingerprint density at radius 1 is 1.18 bits per heavy atom. The van der Waals surface area contributed by atoms with E-state index >= 15 is 0 Å². The number of amides is 1. The molecule has 3 aromatic rings. The molecule has 0 radical (unpaired) electrons. The molecule has 0 aliphatic rings. The van der Waals surface area contributed by atoms with Crippen molar-refractivity contribution >= 4 is 35.0 Å². The number of halogens is 4. The van der Waals surface area contributed by atoms with Gasteiger partial charge in [0.05, 0.1) is 9.95 Å². The highest BCUT2D eigenvalue weighted by Gasteiger charge is 2.31. The third-order valence-electron chi connectivity index (χ3n) is 4.05. The molecule has 1 N–H and O–H groups in total. The molecular weight excluding hydrogens is 467 g/mol. The van der Waals surface area contributed by atoms with Crippen molar-refractivity contribution in [2.75, 3.05) is 5.32 Å². The molecule has 33 heavy (non-hydrogen) atoms. The van der Waals surface area contributed by atoms with Gasteiger partial charge in [-0.05, 0) is 42.5 Å². The molecule has 1 heterocycles. The van der Waals surface area contributed by atoms with E-state index in [-0.39, 0.29) is 33.5 Å². The Labute approximate surface area is 188 Å². The lowest BCUT2D eigenvalue weighted by molar-refractivity contribution is -0.384. The molecule has 0 saturated heterocycles.